The van der Waals surface area contributed by atoms with Gasteiger partial charge < -0.3 is 4.18 Å². The normalized spacial score (nSPS) is 11.2. The Morgan fingerprint density at radius 2 is 1.56 bits per heavy atom. The van der Waals surface area contributed by atoms with Crippen molar-refractivity contribution in [3.05, 3.63) is 104 Å². The number of non-ortho nitro benzene ring substituents is 2. The van der Waals surface area contributed by atoms with Crippen LogP contribution in [0.25, 0.3) is 0 Å². The highest BCUT2D eigenvalue weighted by molar-refractivity contribution is 7.87. The monoisotopic (exact) mass is 488 g/mol. The molecular formula is C20H13FN4O8S. The molecule has 0 saturated carbocycles. The zero-order valence-corrected chi connectivity index (χ0v) is 17.6. The zero-order valence-electron chi connectivity index (χ0n) is 16.8. The summed E-state index contributed by atoms with van der Waals surface area (Å²) >= 11 is 0. The highest BCUT2D eigenvalue weighted by Crippen LogP contribution is 2.23. The van der Waals surface area contributed by atoms with Crippen molar-refractivity contribution in [2.24, 2.45) is 5.10 Å². The first-order chi connectivity index (χ1) is 16.1. The Morgan fingerprint density at radius 1 is 0.971 bits per heavy atom. The molecule has 0 fully saturated rings. The summed E-state index contributed by atoms with van der Waals surface area (Å²) in [5.41, 5.74) is 0.464. The van der Waals surface area contributed by atoms with Gasteiger partial charge >= 0.3 is 10.1 Å². The minimum Gasteiger partial charge on any atom is -0.378 e. The van der Waals surface area contributed by atoms with E-state index >= 15 is 0 Å². The number of hydrogen-bond donors (Lipinski definition) is 1. The molecule has 0 spiro atoms. The summed E-state index contributed by atoms with van der Waals surface area (Å²) in [6.45, 7) is 0. The molecular weight excluding hydrogens is 475 g/mol. The Kier molecular flexibility index (Phi) is 6.92. The van der Waals surface area contributed by atoms with E-state index in [1.54, 1.807) is 0 Å². The average molecular weight is 488 g/mol. The van der Waals surface area contributed by atoms with Gasteiger partial charge in [0.25, 0.3) is 17.3 Å². The van der Waals surface area contributed by atoms with Crippen LogP contribution in [0, 0.1) is 26.0 Å². The molecule has 0 heterocycles. The number of nitrogens with one attached hydrogen (secondary N) is 1. The predicted octanol–water partition coefficient (Wildman–Crippen LogP) is 3.17. The summed E-state index contributed by atoms with van der Waals surface area (Å²) in [5, 5.41) is 25.6. The first-order valence-corrected chi connectivity index (χ1v) is 10.5. The fourth-order valence-electron chi connectivity index (χ4n) is 2.59. The van der Waals surface area contributed by atoms with Crippen molar-refractivity contribution in [3.63, 3.8) is 0 Å². The first kappa shape index (κ1) is 23.9. The molecule has 0 radical (unpaired) electrons. The Labute approximate surface area is 190 Å². The maximum atomic E-state index is 13.1. The van der Waals surface area contributed by atoms with Gasteiger partial charge in [0.2, 0.25) is 0 Å². The predicted molar refractivity (Wildman–Crippen MR) is 115 cm³/mol. The Balaban J connectivity index is 1.80. The number of nitrogens with zero attached hydrogens (tertiary/aromatic N) is 3. The third kappa shape index (κ3) is 5.74. The van der Waals surface area contributed by atoms with Crippen LogP contribution < -0.4 is 9.61 Å². The molecule has 14 heteroatoms. The smallest absolute Gasteiger partial charge is 0.339 e. The molecule has 0 atom stereocenters. The number of carbonyl (C=O) groups excluding carboxylic acids is 1. The van der Waals surface area contributed by atoms with Crippen LogP contribution >= 0.6 is 0 Å². The number of halogens is 1. The molecule has 3 rings (SSSR count). The largest absolute Gasteiger partial charge is 0.378 e. The number of hydrazone groups is 1. The molecule has 1 amide bonds. The van der Waals surface area contributed by atoms with Gasteiger partial charge in [0.1, 0.15) is 10.7 Å². The van der Waals surface area contributed by atoms with Crippen LogP contribution in [0.15, 0.2) is 76.7 Å². The molecule has 34 heavy (non-hydrogen) atoms. The third-order valence-corrected chi connectivity index (χ3v) is 5.43. The topological polar surface area (TPSA) is 171 Å². The van der Waals surface area contributed by atoms with Crippen LogP contribution in [-0.2, 0) is 10.1 Å². The van der Waals surface area contributed by atoms with E-state index in [9.17, 15) is 37.8 Å². The number of para-hydroxylation sites is 1. The lowest BCUT2D eigenvalue weighted by Gasteiger charge is -2.09. The molecule has 0 bridgehead atoms. The second-order valence-corrected chi connectivity index (χ2v) is 8.03. The lowest BCUT2D eigenvalue weighted by molar-refractivity contribution is -0.394. The van der Waals surface area contributed by atoms with Crippen molar-refractivity contribution in [1.82, 2.24) is 5.43 Å². The maximum absolute atomic E-state index is 13.1. The Hall–Kier alpha value is -4.72. The van der Waals surface area contributed by atoms with E-state index in [1.165, 1.54) is 24.3 Å². The second-order valence-electron chi connectivity index (χ2n) is 6.48. The highest BCUT2D eigenvalue weighted by atomic mass is 32.2. The highest BCUT2D eigenvalue weighted by Gasteiger charge is 2.20. The van der Waals surface area contributed by atoms with E-state index < -0.39 is 43.1 Å². The summed E-state index contributed by atoms with van der Waals surface area (Å²) in [6, 6.07) is 12.1. The molecule has 0 aliphatic carbocycles. The summed E-state index contributed by atoms with van der Waals surface area (Å²) in [4.78, 5) is 32.1. The van der Waals surface area contributed by atoms with E-state index in [0.717, 1.165) is 42.6 Å². The van der Waals surface area contributed by atoms with E-state index in [4.69, 9.17) is 4.18 Å². The number of amides is 1. The van der Waals surface area contributed by atoms with E-state index in [-0.39, 0.29) is 21.8 Å². The van der Waals surface area contributed by atoms with Crippen molar-refractivity contribution in [2.75, 3.05) is 0 Å². The molecule has 174 valence electrons. The van der Waals surface area contributed by atoms with Crippen LogP contribution in [0.1, 0.15) is 15.9 Å². The zero-order chi connectivity index (χ0) is 24.9. The van der Waals surface area contributed by atoms with Crippen molar-refractivity contribution in [2.45, 2.75) is 4.90 Å². The molecule has 3 aromatic rings. The first-order valence-electron chi connectivity index (χ1n) is 9.13. The fraction of sp³-hybridized carbons (Fsp3) is 0. The van der Waals surface area contributed by atoms with Crippen molar-refractivity contribution in [1.29, 1.82) is 0 Å². The van der Waals surface area contributed by atoms with Gasteiger partial charge in [-0.15, -0.1) is 0 Å². The van der Waals surface area contributed by atoms with Crippen LogP contribution in [0.4, 0.5) is 15.8 Å². The summed E-state index contributed by atoms with van der Waals surface area (Å²) < 4.78 is 43.0. The fourth-order valence-corrected chi connectivity index (χ4v) is 3.55. The van der Waals surface area contributed by atoms with Crippen molar-refractivity contribution in [3.8, 4) is 5.75 Å². The van der Waals surface area contributed by atoms with Gasteiger partial charge in [-0.3, -0.25) is 25.0 Å². The number of carbonyl (C=O) groups is 1. The molecule has 1 N–H and O–H groups in total. The van der Waals surface area contributed by atoms with Gasteiger partial charge in [-0.2, -0.15) is 13.5 Å². The van der Waals surface area contributed by atoms with E-state index in [2.05, 4.69) is 5.10 Å². The van der Waals surface area contributed by atoms with Crippen molar-refractivity contribution < 1.29 is 31.6 Å². The quantitative estimate of drug-likeness (QED) is 0.218. The molecule has 0 aliphatic heterocycles. The van der Waals surface area contributed by atoms with Gasteiger partial charge in [-0.25, -0.2) is 9.82 Å². The SMILES string of the molecule is O=C(NN=Cc1ccccc1OS(=O)(=O)c1ccc(F)cc1)c1cc([N+](=O)[O-])cc([N+](=O)[O-])c1. The van der Waals surface area contributed by atoms with Crippen LogP contribution in [0.5, 0.6) is 5.75 Å². The minimum atomic E-state index is -4.31. The lowest BCUT2D eigenvalue weighted by Crippen LogP contribution is -2.18. The number of hydrogen-bond acceptors (Lipinski definition) is 9. The molecule has 0 saturated heterocycles. The molecule has 0 unspecified atom stereocenters. The molecule has 0 aliphatic rings. The van der Waals surface area contributed by atoms with Crippen LogP contribution in [0.2, 0.25) is 0 Å². The number of rotatable bonds is 8. The molecule has 12 nitrogen and oxygen atoms in total. The third-order valence-electron chi connectivity index (χ3n) is 4.18. The van der Waals surface area contributed by atoms with Crippen LogP contribution in [-0.4, -0.2) is 30.4 Å². The maximum Gasteiger partial charge on any atom is 0.339 e. The minimum absolute atomic E-state index is 0.124. The van der Waals surface area contributed by atoms with E-state index in [0.29, 0.717) is 6.07 Å². The average Bonchev–Trinajstić information content (AvgIpc) is 2.79. The van der Waals surface area contributed by atoms with Gasteiger partial charge in [0, 0.05) is 17.7 Å². The van der Waals surface area contributed by atoms with E-state index in [1.807, 2.05) is 5.43 Å². The summed E-state index contributed by atoms with van der Waals surface area (Å²) in [6.07, 6.45) is 1.04. The van der Waals surface area contributed by atoms with Crippen molar-refractivity contribution >= 4 is 33.6 Å². The Bertz CT molecular complexity index is 1380. The molecule has 3 aromatic carbocycles. The van der Waals surface area contributed by atoms with Gasteiger partial charge in [0.15, 0.2) is 5.75 Å². The van der Waals surface area contributed by atoms with Crippen LogP contribution in [0.3, 0.4) is 0 Å². The lowest BCUT2D eigenvalue weighted by atomic mass is 10.1. The van der Waals surface area contributed by atoms with Gasteiger partial charge in [-0.1, -0.05) is 12.1 Å². The van der Waals surface area contributed by atoms with Gasteiger partial charge in [-0.05, 0) is 36.4 Å². The number of nitro benzene ring substituents is 2. The number of nitro groups is 2. The van der Waals surface area contributed by atoms with Gasteiger partial charge in [0.05, 0.1) is 27.7 Å². The molecule has 0 aromatic heterocycles. The standard InChI is InChI=1S/C20H13FN4O8S/c21-15-5-7-18(8-6-15)34(31,32)33-19-4-2-1-3-13(19)12-22-23-20(26)14-9-16(24(27)28)11-17(10-14)25(29)30/h1-12H,(H,23,26). The Morgan fingerprint density at radius 3 is 2.15 bits per heavy atom. The second kappa shape index (κ2) is 9.83. The summed E-state index contributed by atoms with van der Waals surface area (Å²) in [7, 11) is -4.31. The summed E-state index contributed by atoms with van der Waals surface area (Å²) in [5.74, 6) is -1.77. The number of benzene rings is 3.